The molecule has 4 nitrogen and oxygen atoms in total. The van der Waals surface area contributed by atoms with Crippen LogP contribution in [0.15, 0.2) is 0 Å². The Bertz CT molecular complexity index is 229. The number of amides is 1. The Morgan fingerprint density at radius 2 is 2.20 bits per heavy atom. The van der Waals surface area contributed by atoms with Gasteiger partial charge >= 0.3 is 0 Å². The van der Waals surface area contributed by atoms with E-state index in [0.29, 0.717) is 24.6 Å². The predicted molar refractivity (Wildman–Crippen MR) is 62.2 cm³/mol. The fourth-order valence-electron chi connectivity index (χ4n) is 1.22. The SMILES string of the molecule is CCS(=O)CCNC(=O)CNCC1CC1. The lowest BCUT2D eigenvalue weighted by Crippen LogP contribution is -2.36. The van der Waals surface area contributed by atoms with Crippen LogP contribution in [-0.4, -0.2) is 41.3 Å². The smallest absolute Gasteiger partial charge is 0.233 e. The van der Waals surface area contributed by atoms with Crippen molar-refractivity contribution in [3.05, 3.63) is 0 Å². The molecule has 0 saturated heterocycles. The van der Waals surface area contributed by atoms with Crippen LogP contribution in [0.1, 0.15) is 19.8 Å². The van der Waals surface area contributed by atoms with E-state index in [-0.39, 0.29) is 5.91 Å². The van der Waals surface area contributed by atoms with Crippen molar-refractivity contribution in [2.45, 2.75) is 19.8 Å². The van der Waals surface area contributed by atoms with E-state index in [1.807, 2.05) is 6.92 Å². The Hall–Kier alpha value is -0.420. The largest absolute Gasteiger partial charge is 0.354 e. The van der Waals surface area contributed by atoms with Gasteiger partial charge in [-0.05, 0) is 25.3 Å². The lowest BCUT2D eigenvalue weighted by atomic mass is 10.4. The first-order valence-corrected chi connectivity index (χ1v) is 7.03. The molecule has 1 saturated carbocycles. The highest BCUT2D eigenvalue weighted by Gasteiger charge is 2.20. The van der Waals surface area contributed by atoms with Crippen LogP contribution in [0.4, 0.5) is 0 Å². The van der Waals surface area contributed by atoms with Crippen molar-refractivity contribution in [2.24, 2.45) is 5.92 Å². The van der Waals surface area contributed by atoms with E-state index in [2.05, 4.69) is 10.6 Å². The molecular weight excluding hydrogens is 212 g/mol. The average molecular weight is 232 g/mol. The van der Waals surface area contributed by atoms with Crippen LogP contribution in [0, 0.1) is 5.92 Å². The van der Waals surface area contributed by atoms with Gasteiger partial charge in [-0.15, -0.1) is 0 Å². The summed E-state index contributed by atoms with van der Waals surface area (Å²) < 4.78 is 11.0. The molecule has 88 valence electrons. The molecule has 0 aromatic carbocycles. The fraction of sp³-hybridized carbons (Fsp3) is 0.900. The molecule has 1 atom stereocenters. The van der Waals surface area contributed by atoms with Crippen molar-refractivity contribution < 1.29 is 9.00 Å². The normalized spacial score (nSPS) is 17.4. The summed E-state index contributed by atoms with van der Waals surface area (Å²) in [6.07, 6.45) is 2.59. The summed E-state index contributed by atoms with van der Waals surface area (Å²) in [4.78, 5) is 11.2. The molecular formula is C10H20N2O2S. The third kappa shape index (κ3) is 6.62. The Morgan fingerprint density at radius 3 is 2.80 bits per heavy atom. The molecule has 1 amide bonds. The summed E-state index contributed by atoms with van der Waals surface area (Å²) in [7, 11) is -0.782. The van der Waals surface area contributed by atoms with Crippen molar-refractivity contribution in [2.75, 3.05) is 31.1 Å². The molecule has 0 aromatic rings. The lowest BCUT2D eigenvalue weighted by Gasteiger charge is -2.05. The highest BCUT2D eigenvalue weighted by molar-refractivity contribution is 7.84. The molecule has 1 unspecified atom stereocenters. The summed E-state index contributed by atoms with van der Waals surface area (Å²) in [5.41, 5.74) is 0. The van der Waals surface area contributed by atoms with Gasteiger partial charge in [-0.1, -0.05) is 6.92 Å². The van der Waals surface area contributed by atoms with Crippen LogP contribution in [0.5, 0.6) is 0 Å². The number of hydrogen-bond acceptors (Lipinski definition) is 3. The predicted octanol–water partition coefficient (Wildman–Crippen LogP) is -0.129. The summed E-state index contributed by atoms with van der Waals surface area (Å²) in [6, 6.07) is 0. The van der Waals surface area contributed by atoms with Gasteiger partial charge in [-0.2, -0.15) is 0 Å². The van der Waals surface area contributed by atoms with Gasteiger partial charge in [0.25, 0.3) is 0 Å². The number of hydrogen-bond donors (Lipinski definition) is 2. The Balaban J connectivity index is 1.90. The van der Waals surface area contributed by atoms with Crippen molar-refractivity contribution in [3.63, 3.8) is 0 Å². The highest BCUT2D eigenvalue weighted by Crippen LogP contribution is 2.27. The lowest BCUT2D eigenvalue weighted by molar-refractivity contribution is -0.120. The van der Waals surface area contributed by atoms with Crippen LogP contribution < -0.4 is 10.6 Å². The van der Waals surface area contributed by atoms with Gasteiger partial charge in [0.05, 0.1) is 6.54 Å². The van der Waals surface area contributed by atoms with Crippen LogP contribution in [0.2, 0.25) is 0 Å². The van der Waals surface area contributed by atoms with Crippen LogP contribution in [0.3, 0.4) is 0 Å². The highest BCUT2D eigenvalue weighted by atomic mass is 32.2. The molecule has 1 aliphatic carbocycles. The Labute approximate surface area is 93.7 Å². The molecule has 0 aliphatic heterocycles. The molecule has 0 radical (unpaired) electrons. The van der Waals surface area contributed by atoms with E-state index < -0.39 is 10.8 Å². The summed E-state index contributed by atoms with van der Waals surface area (Å²) in [6.45, 7) is 3.74. The van der Waals surface area contributed by atoms with Crippen molar-refractivity contribution in [1.82, 2.24) is 10.6 Å². The molecule has 1 aliphatic rings. The van der Waals surface area contributed by atoms with Crippen molar-refractivity contribution in [3.8, 4) is 0 Å². The second-order valence-corrected chi connectivity index (χ2v) is 5.72. The van der Waals surface area contributed by atoms with Crippen LogP contribution in [-0.2, 0) is 15.6 Å². The van der Waals surface area contributed by atoms with Crippen LogP contribution in [0.25, 0.3) is 0 Å². The van der Waals surface area contributed by atoms with E-state index in [0.717, 1.165) is 12.5 Å². The van der Waals surface area contributed by atoms with Gasteiger partial charge in [0.15, 0.2) is 0 Å². The Kier molecular flexibility index (Phi) is 5.86. The molecule has 5 heteroatoms. The first kappa shape index (κ1) is 12.6. The van der Waals surface area contributed by atoms with Gasteiger partial charge in [0, 0.05) is 28.9 Å². The molecule has 0 aromatic heterocycles. The van der Waals surface area contributed by atoms with Crippen molar-refractivity contribution >= 4 is 16.7 Å². The quantitative estimate of drug-likeness (QED) is 0.613. The first-order chi connectivity index (χ1) is 7.22. The summed E-state index contributed by atoms with van der Waals surface area (Å²) in [5, 5.41) is 5.86. The molecule has 0 heterocycles. The number of carbonyl (C=O) groups is 1. The summed E-state index contributed by atoms with van der Waals surface area (Å²) in [5.74, 6) is 2.02. The zero-order valence-corrected chi connectivity index (χ0v) is 10.1. The molecule has 2 N–H and O–H groups in total. The molecule has 1 rings (SSSR count). The minimum atomic E-state index is -0.782. The van der Waals surface area contributed by atoms with Gasteiger partial charge in [0.1, 0.15) is 0 Å². The van der Waals surface area contributed by atoms with Gasteiger partial charge in [-0.25, -0.2) is 0 Å². The van der Waals surface area contributed by atoms with E-state index in [4.69, 9.17) is 0 Å². The van der Waals surface area contributed by atoms with E-state index in [1.165, 1.54) is 12.8 Å². The van der Waals surface area contributed by atoms with Crippen LogP contribution >= 0.6 is 0 Å². The number of carbonyl (C=O) groups excluding carboxylic acids is 1. The van der Waals surface area contributed by atoms with E-state index in [1.54, 1.807) is 0 Å². The monoisotopic (exact) mass is 232 g/mol. The van der Waals surface area contributed by atoms with E-state index in [9.17, 15) is 9.00 Å². The minimum Gasteiger partial charge on any atom is -0.354 e. The standard InChI is InChI=1S/C10H20N2O2S/c1-2-15(14)6-5-12-10(13)8-11-7-9-3-4-9/h9,11H,2-8H2,1H3,(H,12,13). The topological polar surface area (TPSA) is 58.2 Å². The molecule has 0 spiro atoms. The Morgan fingerprint density at radius 1 is 1.47 bits per heavy atom. The second kappa shape index (κ2) is 6.95. The maximum Gasteiger partial charge on any atom is 0.233 e. The second-order valence-electron chi connectivity index (χ2n) is 3.86. The van der Waals surface area contributed by atoms with E-state index >= 15 is 0 Å². The maximum atomic E-state index is 11.2. The van der Waals surface area contributed by atoms with Gasteiger partial charge < -0.3 is 10.6 Å². The third-order valence-corrected chi connectivity index (χ3v) is 3.69. The van der Waals surface area contributed by atoms with Gasteiger partial charge in [0.2, 0.25) is 5.91 Å². The molecule has 1 fully saturated rings. The maximum absolute atomic E-state index is 11.2. The first-order valence-electron chi connectivity index (χ1n) is 5.54. The zero-order valence-electron chi connectivity index (χ0n) is 9.25. The minimum absolute atomic E-state index is 0.00348. The van der Waals surface area contributed by atoms with Gasteiger partial charge in [-0.3, -0.25) is 9.00 Å². The zero-order chi connectivity index (χ0) is 11.1. The average Bonchev–Trinajstić information content (AvgIpc) is 3.01. The number of nitrogens with one attached hydrogen (secondary N) is 2. The third-order valence-electron chi connectivity index (χ3n) is 2.39. The number of rotatable bonds is 8. The summed E-state index contributed by atoms with van der Waals surface area (Å²) >= 11 is 0. The van der Waals surface area contributed by atoms with Crippen molar-refractivity contribution in [1.29, 1.82) is 0 Å². The molecule has 0 bridgehead atoms. The molecule has 15 heavy (non-hydrogen) atoms. The fourth-order valence-corrected chi connectivity index (χ4v) is 1.84.